The van der Waals surface area contributed by atoms with Crippen LogP contribution < -0.4 is 0 Å². The van der Waals surface area contributed by atoms with Crippen LogP contribution in [-0.2, 0) is 9.53 Å². The molecule has 20 heavy (non-hydrogen) atoms. The molecule has 1 saturated heterocycles. The van der Waals surface area contributed by atoms with Gasteiger partial charge < -0.3 is 9.64 Å². The summed E-state index contributed by atoms with van der Waals surface area (Å²) in [4.78, 5) is 25.5. The molecule has 0 saturated carbocycles. The molecule has 1 heterocycles. The van der Waals surface area contributed by atoms with Crippen LogP contribution in [0.2, 0.25) is 5.02 Å². The van der Waals surface area contributed by atoms with Gasteiger partial charge in [0.05, 0.1) is 12.7 Å². The Balaban J connectivity index is 2.30. The van der Waals surface area contributed by atoms with Crippen LogP contribution in [0.25, 0.3) is 0 Å². The molecule has 0 N–H and O–H groups in total. The second-order valence-electron chi connectivity index (χ2n) is 4.66. The van der Waals surface area contributed by atoms with Crippen LogP contribution in [0.5, 0.6) is 0 Å². The van der Waals surface area contributed by atoms with Crippen molar-refractivity contribution in [3.8, 4) is 0 Å². The Morgan fingerprint density at radius 2 is 2.15 bits per heavy atom. The Hall–Kier alpha value is -1.62. The molecule has 2 rings (SSSR count). The van der Waals surface area contributed by atoms with E-state index in [1.807, 2.05) is 0 Å². The molecule has 1 aromatic rings. The minimum atomic E-state index is -0.653. The fourth-order valence-electron chi connectivity index (χ4n) is 2.37. The summed E-state index contributed by atoms with van der Waals surface area (Å²) in [6.45, 7) is 0.407. The first kappa shape index (κ1) is 14.8. The first-order valence-electron chi connectivity index (χ1n) is 6.38. The van der Waals surface area contributed by atoms with Crippen molar-refractivity contribution in [3.05, 3.63) is 34.6 Å². The summed E-state index contributed by atoms with van der Waals surface area (Å²) in [6, 6.07) is 3.15. The number of likely N-dealkylation sites (tertiary alicyclic amines) is 1. The highest BCUT2D eigenvalue weighted by atomic mass is 35.5. The molecule has 0 bridgehead atoms. The van der Waals surface area contributed by atoms with Crippen molar-refractivity contribution < 1.29 is 18.7 Å². The van der Waals surface area contributed by atoms with Crippen LogP contribution in [-0.4, -0.2) is 36.5 Å². The minimum Gasteiger partial charge on any atom is -0.467 e. The number of hydrogen-bond acceptors (Lipinski definition) is 3. The monoisotopic (exact) mass is 299 g/mol. The standard InChI is InChI=1S/C14H15ClFNO3/c1-20-14(19)12-4-2-3-7-17(12)13(18)10-8-9(15)5-6-11(10)16/h5-6,8,12H,2-4,7H2,1H3/t12-/m0/s1. The third-order valence-corrected chi connectivity index (χ3v) is 3.63. The van der Waals surface area contributed by atoms with Crippen LogP contribution in [0.1, 0.15) is 29.6 Å². The molecule has 1 fully saturated rings. The molecule has 0 aliphatic carbocycles. The molecule has 0 spiro atoms. The van der Waals surface area contributed by atoms with E-state index in [4.69, 9.17) is 16.3 Å². The zero-order chi connectivity index (χ0) is 14.7. The Kier molecular flexibility index (Phi) is 4.60. The fourth-order valence-corrected chi connectivity index (χ4v) is 2.54. The van der Waals surface area contributed by atoms with Crippen molar-refractivity contribution in [2.75, 3.05) is 13.7 Å². The SMILES string of the molecule is COC(=O)[C@@H]1CCCCN1C(=O)c1cc(Cl)ccc1F. The molecule has 0 aromatic heterocycles. The van der Waals surface area contributed by atoms with Gasteiger partial charge in [0, 0.05) is 11.6 Å². The molecule has 6 heteroatoms. The molecular weight excluding hydrogens is 285 g/mol. The normalized spacial score (nSPS) is 18.8. The van der Waals surface area contributed by atoms with Gasteiger partial charge in [0.25, 0.3) is 5.91 Å². The Morgan fingerprint density at radius 1 is 1.40 bits per heavy atom. The Morgan fingerprint density at radius 3 is 2.85 bits per heavy atom. The molecule has 1 aliphatic heterocycles. The lowest BCUT2D eigenvalue weighted by Gasteiger charge is -2.33. The molecule has 1 atom stereocenters. The van der Waals surface area contributed by atoms with Crippen molar-refractivity contribution in [3.63, 3.8) is 0 Å². The van der Waals surface area contributed by atoms with Crippen LogP contribution in [0.4, 0.5) is 4.39 Å². The molecule has 4 nitrogen and oxygen atoms in total. The molecule has 108 valence electrons. The van der Waals surface area contributed by atoms with Crippen molar-refractivity contribution in [2.45, 2.75) is 25.3 Å². The first-order valence-corrected chi connectivity index (χ1v) is 6.76. The third-order valence-electron chi connectivity index (χ3n) is 3.40. The van der Waals surface area contributed by atoms with Gasteiger partial charge in [-0.3, -0.25) is 4.79 Å². The number of carbonyl (C=O) groups is 2. The summed E-state index contributed by atoms with van der Waals surface area (Å²) >= 11 is 5.80. The number of halogens is 2. The van der Waals surface area contributed by atoms with E-state index in [1.165, 1.54) is 24.1 Å². The highest BCUT2D eigenvalue weighted by Gasteiger charge is 2.34. The van der Waals surface area contributed by atoms with Gasteiger partial charge in [-0.25, -0.2) is 9.18 Å². The zero-order valence-corrected chi connectivity index (χ0v) is 11.8. The number of nitrogens with zero attached hydrogens (tertiary/aromatic N) is 1. The van der Waals surface area contributed by atoms with Gasteiger partial charge in [0.1, 0.15) is 11.9 Å². The van der Waals surface area contributed by atoms with E-state index in [2.05, 4.69) is 0 Å². The van der Waals surface area contributed by atoms with E-state index >= 15 is 0 Å². The van der Waals surface area contributed by atoms with Gasteiger partial charge in [0.15, 0.2) is 0 Å². The third kappa shape index (κ3) is 2.93. The number of rotatable bonds is 2. The number of ether oxygens (including phenoxy) is 1. The topological polar surface area (TPSA) is 46.6 Å². The maximum atomic E-state index is 13.8. The quantitative estimate of drug-likeness (QED) is 0.789. The fraction of sp³-hybridized carbons (Fsp3) is 0.429. The number of methoxy groups -OCH3 is 1. The maximum absolute atomic E-state index is 13.8. The molecule has 1 aliphatic rings. The van der Waals surface area contributed by atoms with Gasteiger partial charge in [-0.15, -0.1) is 0 Å². The number of piperidine rings is 1. The lowest BCUT2D eigenvalue weighted by Crippen LogP contribution is -2.48. The van der Waals surface area contributed by atoms with Crippen molar-refractivity contribution >= 4 is 23.5 Å². The van der Waals surface area contributed by atoms with E-state index in [-0.39, 0.29) is 10.6 Å². The van der Waals surface area contributed by atoms with Gasteiger partial charge in [-0.05, 0) is 37.5 Å². The van der Waals surface area contributed by atoms with Crippen molar-refractivity contribution in [1.29, 1.82) is 0 Å². The van der Waals surface area contributed by atoms with E-state index in [0.717, 1.165) is 18.9 Å². The minimum absolute atomic E-state index is 0.117. The van der Waals surface area contributed by atoms with Gasteiger partial charge in [-0.2, -0.15) is 0 Å². The second-order valence-corrected chi connectivity index (χ2v) is 5.09. The predicted molar refractivity (Wildman–Crippen MR) is 72.1 cm³/mol. The smallest absolute Gasteiger partial charge is 0.328 e. The Labute approximate surface area is 121 Å². The lowest BCUT2D eigenvalue weighted by molar-refractivity contribution is -0.147. The molecule has 0 unspecified atom stereocenters. The van der Waals surface area contributed by atoms with Crippen LogP contribution in [0.3, 0.4) is 0 Å². The van der Waals surface area contributed by atoms with Crippen molar-refractivity contribution in [2.24, 2.45) is 0 Å². The van der Waals surface area contributed by atoms with Crippen LogP contribution >= 0.6 is 11.6 Å². The van der Waals surface area contributed by atoms with Gasteiger partial charge >= 0.3 is 5.97 Å². The number of amides is 1. The second kappa shape index (κ2) is 6.22. The Bertz CT molecular complexity index is 535. The summed E-state index contributed by atoms with van der Waals surface area (Å²) in [5, 5.41) is 0.279. The van der Waals surface area contributed by atoms with Gasteiger partial charge in [0.2, 0.25) is 0 Å². The van der Waals surface area contributed by atoms with E-state index in [0.29, 0.717) is 13.0 Å². The van der Waals surface area contributed by atoms with E-state index in [1.54, 1.807) is 0 Å². The largest absolute Gasteiger partial charge is 0.467 e. The highest BCUT2D eigenvalue weighted by Crippen LogP contribution is 2.23. The van der Waals surface area contributed by atoms with E-state index < -0.39 is 23.7 Å². The first-order chi connectivity index (χ1) is 9.54. The number of esters is 1. The van der Waals surface area contributed by atoms with Crippen molar-refractivity contribution in [1.82, 2.24) is 4.90 Å². The van der Waals surface area contributed by atoms with Crippen LogP contribution in [0.15, 0.2) is 18.2 Å². The molecule has 0 radical (unpaired) electrons. The summed E-state index contributed by atoms with van der Waals surface area (Å²) in [6.07, 6.45) is 2.14. The summed E-state index contributed by atoms with van der Waals surface area (Å²) < 4.78 is 18.5. The molecule has 1 amide bonds. The molecule has 1 aromatic carbocycles. The number of hydrogen-bond donors (Lipinski definition) is 0. The number of carbonyl (C=O) groups excluding carboxylic acids is 2. The zero-order valence-electron chi connectivity index (χ0n) is 11.1. The molecular formula is C14H15ClFNO3. The highest BCUT2D eigenvalue weighted by molar-refractivity contribution is 6.31. The predicted octanol–water partition coefficient (Wildman–Crippen LogP) is 2.65. The summed E-state index contributed by atoms with van der Waals surface area (Å²) in [5.41, 5.74) is -0.117. The average molecular weight is 300 g/mol. The number of benzene rings is 1. The average Bonchev–Trinajstić information content (AvgIpc) is 2.48. The summed E-state index contributed by atoms with van der Waals surface area (Å²) in [5.74, 6) is -1.64. The van der Waals surface area contributed by atoms with Crippen LogP contribution in [0, 0.1) is 5.82 Å². The van der Waals surface area contributed by atoms with Gasteiger partial charge in [-0.1, -0.05) is 11.6 Å². The maximum Gasteiger partial charge on any atom is 0.328 e. The van der Waals surface area contributed by atoms with E-state index in [9.17, 15) is 14.0 Å². The summed E-state index contributed by atoms with van der Waals surface area (Å²) in [7, 11) is 1.28. The lowest BCUT2D eigenvalue weighted by atomic mass is 10.0.